The second kappa shape index (κ2) is 8.72. The first-order valence-electron chi connectivity index (χ1n) is 14.0. The molecule has 9 rings (SSSR count). The van der Waals surface area contributed by atoms with E-state index in [0.29, 0.717) is 0 Å². The van der Waals surface area contributed by atoms with E-state index in [1.807, 2.05) is 17.5 Å². The molecule has 0 spiro atoms. The first-order chi connectivity index (χ1) is 20.4. The van der Waals surface area contributed by atoms with Gasteiger partial charge in [-0.1, -0.05) is 115 Å². The number of hydrogen-bond donors (Lipinski definition) is 0. The van der Waals surface area contributed by atoms with Crippen LogP contribution in [0.2, 0.25) is 0 Å². The molecule has 0 unspecified atom stereocenters. The van der Waals surface area contributed by atoms with E-state index in [1.165, 1.54) is 81.2 Å². The smallest absolute Gasteiger partial charge is 0.0708 e. The van der Waals surface area contributed by atoms with Crippen molar-refractivity contribution in [3.05, 3.63) is 140 Å². The van der Waals surface area contributed by atoms with Crippen molar-refractivity contribution < 1.29 is 0 Å². The Morgan fingerprint density at radius 3 is 1.76 bits per heavy atom. The van der Waals surface area contributed by atoms with Gasteiger partial charge in [-0.25, -0.2) is 0 Å². The molecule has 2 heteroatoms. The van der Waals surface area contributed by atoms with Crippen LogP contribution >= 0.6 is 11.3 Å². The molecule has 0 N–H and O–H groups in total. The monoisotopic (exact) mass is 537 g/mol. The number of thiophene rings is 1. The first kappa shape index (κ1) is 22.7. The molecule has 0 atom stereocenters. The van der Waals surface area contributed by atoms with Gasteiger partial charge in [0.05, 0.1) is 5.52 Å². The van der Waals surface area contributed by atoms with Crippen LogP contribution in [0, 0.1) is 0 Å². The molecule has 0 bridgehead atoms. The number of aromatic nitrogens is 1. The maximum atomic E-state index is 4.74. The molecule has 1 aliphatic rings. The van der Waals surface area contributed by atoms with Gasteiger partial charge in [-0.2, -0.15) is 0 Å². The van der Waals surface area contributed by atoms with Crippen LogP contribution in [-0.4, -0.2) is 4.98 Å². The summed E-state index contributed by atoms with van der Waals surface area (Å²) < 4.78 is 2.66. The molecular formula is C39H23NS. The lowest BCUT2D eigenvalue weighted by Gasteiger charge is -2.26. The summed E-state index contributed by atoms with van der Waals surface area (Å²) in [6.45, 7) is 0. The van der Waals surface area contributed by atoms with Gasteiger partial charge in [0.15, 0.2) is 0 Å². The van der Waals surface area contributed by atoms with Crippen LogP contribution in [0.1, 0.15) is 0 Å². The molecule has 41 heavy (non-hydrogen) atoms. The molecule has 0 saturated heterocycles. The third kappa shape index (κ3) is 3.26. The Labute approximate surface area is 242 Å². The summed E-state index contributed by atoms with van der Waals surface area (Å²) in [7, 11) is 0. The molecule has 0 fully saturated rings. The second-order valence-electron chi connectivity index (χ2n) is 10.7. The lowest BCUT2D eigenvalue weighted by Crippen LogP contribution is -1.99. The van der Waals surface area contributed by atoms with Crippen LogP contribution in [0.5, 0.6) is 0 Å². The van der Waals surface area contributed by atoms with Crippen molar-refractivity contribution in [2.75, 3.05) is 0 Å². The van der Waals surface area contributed by atoms with Crippen LogP contribution in [0.3, 0.4) is 0 Å². The number of pyridine rings is 1. The molecule has 2 heterocycles. The normalized spacial score (nSPS) is 11.9. The lowest BCUT2D eigenvalue weighted by molar-refractivity contribution is 1.41. The van der Waals surface area contributed by atoms with E-state index in [4.69, 9.17) is 4.98 Å². The fraction of sp³-hybridized carbons (Fsp3) is 0. The second-order valence-corrected chi connectivity index (χ2v) is 11.7. The highest BCUT2D eigenvalue weighted by Gasteiger charge is 2.26. The van der Waals surface area contributed by atoms with Gasteiger partial charge < -0.3 is 0 Å². The van der Waals surface area contributed by atoms with Crippen LogP contribution in [0.15, 0.2) is 140 Å². The highest BCUT2D eigenvalue weighted by atomic mass is 32.1. The Balaban J connectivity index is 1.46. The number of fused-ring (bicyclic) bond motifs is 13. The Morgan fingerprint density at radius 1 is 0.366 bits per heavy atom. The molecule has 190 valence electrons. The van der Waals surface area contributed by atoms with Crippen molar-refractivity contribution in [2.24, 2.45) is 0 Å². The van der Waals surface area contributed by atoms with Crippen LogP contribution in [0.25, 0.3) is 86.7 Å². The van der Waals surface area contributed by atoms with Crippen molar-refractivity contribution in [3.63, 3.8) is 0 Å². The minimum Gasteiger partial charge on any atom is -0.256 e. The predicted octanol–water partition coefficient (Wildman–Crippen LogP) is 11.3. The highest BCUT2D eigenvalue weighted by Crippen LogP contribution is 2.53. The van der Waals surface area contributed by atoms with E-state index in [-0.39, 0.29) is 0 Å². The molecule has 6 aromatic carbocycles. The van der Waals surface area contributed by atoms with Gasteiger partial charge in [-0.15, -0.1) is 11.3 Å². The molecule has 0 aliphatic heterocycles. The molecular weight excluding hydrogens is 515 g/mol. The van der Waals surface area contributed by atoms with Crippen LogP contribution < -0.4 is 0 Å². The number of benzene rings is 6. The maximum Gasteiger partial charge on any atom is 0.0708 e. The summed E-state index contributed by atoms with van der Waals surface area (Å²) in [5.74, 6) is 0. The zero-order valence-corrected chi connectivity index (χ0v) is 23.0. The van der Waals surface area contributed by atoms with Gasteiger partial charge in [-0.05, 0) is 68.3 Å². The van der Waals surface area contributed by atoms with Crippen molar-refractivity contribution >= 4 is 42.4 Å². The van der Waals surface area contributed by atoms with Gasteiger partial charge >= 0.3 is 0 Å². The van der Waals surface area contributed by atoms with Crippen molar-refractivity contribution in [2.45, 2.75) is 0 Å². The van der Waals surface area contributed by atoms with E-state index in [0.717, 1.165) is 5.52 Å². The zero-order chi connectivity index (χ0) is 26.9. The Kier molecular flexibility index (Phi) is 4.84. The fourth-order valence-electron chi connectivity index (χ4n) is 6.79. The topological polar surface area (TPSA) is 12.9 Å². The van der Waals surface area contributed by atoms with Gasteiger partial charge in [0.1, 0.15) is 0 Å². The molecule has 1 nitrogen and oxygen atoms in total. The summed E-state index contributed by atoms with van der Waals surface area (Å²) in [5.41, 5.74) is 13.6. The van der Waals surface area contributed by atoms with E-state index in [9.17, 15) is 0 Å². The van der Waals surface area contributed by atoms with Gasteiger partial charge in [0.25, 0.3) is 0 Å². The van der Waals surface area contributed by atoms with E-state index >= 15 is 0 Å². The predicted molar refractivity (Wildman–Crippen MR) is 175 cm³/mol. The van der Waals surface area contributed by atoms with E-state index in [1.54, 1.807) is 0 Å². The van der Waals surface area contributed by atoms with Gasteiger partial charge in [-0.3, -0.25) is 4.98 Å². The third-order valence-electron chi connectivity index (χ3n) is 8.52. The van der Waals surface area contributed by atoms with Crippen LogP contribution in [0.4, 0.5) is 0 Å². The minimum atomic E-state index is 1.02. The standard InChI is InChI=1S/C39H23NS/c1-2-11-25-24(10-1)27-15-7-16-30(33-18-8-17-32-26-12-5-6-20-36(26)41-39(32)33)37(27)28-13-3-4-14-29(28)38-31(25)21-22-35-34(38)19-9-23-40-35/h1-23H. The minimum absolute atomic E-state index is 1.02. The number of rotatable bonds is 1. The average molecular weight is 538 g/mol. The molecule has 0 amide bonds. The quantitative estimate of drug-likeness (QED) is 0.203. The lowest BCUT2D eigenvalue weighted by atomic mass is 9.77. The Bertz CT molecular complexity index is 2320. The van der Waals surface area contributed by atoms with Crippen LogP contribution in [-0.2, 0) is 0 Å². The molecule has 8 aromatic rings. The fourth-order valence-corrected chi connectivity index (χ4v) is 8.02. The summed E-state index contributed by atoms with van der Waals surface area (Å²) in [6, 6.07) is 48.9. The molecule has 0 saturated carbocycles. The third-order valence-corrected chi connectivity index (χ3v) is 9.74. The summed E-state index contributed by atoms with van der Waals surface area (Å²) >= 11 is 1.89. The summed E-state index contributed by atoms with van der Waals surface area (Å²) in [4.78, 5) is 4.74. The number of nitrogens with zero attached hydrogens (tertiary/aromatic N) is 1. The summed E-state index contributed by atoms with van der Waals surface area (Å²) in [5, 5.41) is 3.83. The zero-order valence-electron chi connectivity index (χ0n) is 22.1. The average Bonchev–Trinajstić information content (AvgIpc) is 3.42. The summed E-state index contributed by atoms with van der Waals surface area (Å²) in [6.07, 6.45) is 1.89. The maximum absolute atomic E-state index is 4.74. The highest BCUT2D eigenvalue weighted by molar-refractivity contribution is 7.26. The number of hydrogen-bond acceptors (Lipinski definition) is 2. The van der Waals surface area contributed by atoms with E-state index in [2.05, 4.69) is 133 Å². The van der Waals surface area contributed by atoms with Gasteiger partial charge in [0.2, 0.25) is 0 Å². The first-order valence-corrected chi connectivity index (χ1v) is 14.8. The molecule has 2 aromatic heterocycles. The van der Waals surface area contributed by atoms with Crippen molar-refractivity contribution in [1.29, 1.82) is 0 Å². The SMILES string of the molecule is c1ccc2c(c1)-c1cccc(-c3cccc4c3sc3ccccc34)c1-c1ccccc1-c1c-2ccc2ncccc12. The van der Waals surface area contributed by atoms with E-state index < -0.39 is 0 Å². The van der Waals surface area contributed by atoms with Crippen molar-refractivity contribution in [1.82, 2.24) is 4.98 Å². The largest absolute Gasteiger partial charge is 0.256 e. The molecule has 0 radical (unpaired) electrons. The molecule has 1 aliphatic carbocycles. The van der Waals surface area contributed by atoms with Crippen molar-refractivity contribution in [3.8, 4) is 55.6 Å². The van der Waals surface area contributed by atoms with Gasteiger partial charge in [0, 0.05) is 37.3 Å². The Hall–Kier alpha value is -5.05. The Morgan fingerprint density at radius 2 is 0.927 bits per heavy atom.